The van der Waals surface area contributed by atoms with Crippen LogP contribution in [0, 0.1) is 5.82 Å². The first-order chi connectivity index (χ1) is 12.4. The van der Waals surface area contributed by atoms with Crippen molar-refractivity contribution in [3.05, 3.63) is 58.3 Å². The molecule has 0 aliphatic carbocycles. The molecule has 0 unspecified atom stereocenters. The van der Waals surface area contributed by atoms with Gasteiger partial charge in [0.2, 0.25) is 0 Å². The van der Waals surface area contributed by atoms with E-state index in [1.165, 1.54) is 17.0 Å². The fourth-order valence-corrected chi connectivity index (χ4v) is 2.69. The summed E-state index contributed by atoms with van der Waals surface area (Å²) in [5.74, 6) is -1.08. The number of rotatable bonds is 4. The minimum Gasteiger partial charge on any atom is -0.482 e. The van der Waals surface area contributed by atoms with Gasteiger partial charge in [0.25, 0.3) is 11.8 Å². The maximum atomic E-state index is 13.5. The molecule has 1 aliphatic rings. The van der Waals surface area contributed by atoms with Crippen molar-refractivity contribution in [3.63, 3.8) is 0 Å². The number of fused-ring (bicyclic) bond motifs is 1. The summed E-state index contributed by atoms with van der Waals surface area (Å²) >= 11 is 3.35. The smallest absolute Gasteiger partial charge is 0.265 e. The summed E-state index contributed by atoms with van der Waals surface area (Å²) in [6.45, 7) is 1.27. The van der Waals surface area contributed by atoms with E-state index in [0.29, 0.717) is 11.5 Å². The Bertz CT molecular complexity index is 884. The molecule has 6 nitrogen and oxygen atoms in total. The summed E-state index contributed by atoms with van der Waals surface area (Å²) in [7, 11) is 0. The maximum Gasteiger partial charge on any atom is 0.265 e. The Balaban J connectivity index is 1.70. The van der Waals surface area contributed by atoms with Gasteiger partial charge in [-0.2, -0.15) is 5.10 Å². The topological polar surface area (TPSA) is 71.0 Å². The number of benzene rings is 2. The summed E-state index contributed by atoms with van der Waals surface area (Å²) in [4.78, 5) is 25.4. The predicted octanol–water partition coefficient (Wildman–Crippen LogP) is 2.85. The van der Waals surface area contributed by atoms with Crippen LogP contribution >= 0.6 is 15.9 Å². The number of nitrogens with one attached hydrogen (secondary N) is 1. The van der Waals surface area contributed by atoms with Crippen molar-refractivity contribution < 1.29 is 18.7 Å². The zero-order chi connectivity index (χ0) is 18.7. The van der Waals surface area contributed by atoms with E-state index in [0.717, 1.165) is 16.1 Å². The van der Waals surface area contributed by atoms with Crippen LogP contribution in [-0.2, 0) is 9.59 Å². The molecule has 0 bridgehead atoms. The largest absolute Gasteiger partial charge is 0.482 e. The Morgan fingerprint density at radius 2 is 2.04 bits per heavy atom. The van der Waals surface area contributed by atoms with Gasteiger partial charge >= 0.3 is 0 Å². The first-order valence-corrected chi connectivity index (χ1v) is 8.55. The van der Waals surface area contributed by atoms with Gasteiger partial charge in [-0.05, 0) is 36.8 Å². The summed E-state index contributed by atoms with van der Waals surface area (Å²) in [5.41, 5.74) is 4.11. The van der Waals surface area contributed by atoms with Crippen LogP contribution in [0.1, 0.15) is 12.5 Å². The first kappa shape index (κ1) is 18.1. The van der Waals surface area contributed by atoms with Crippen LogP contribution in [-0.4, -0.2) is 30.7 Å². The van der Waals surface area contributed by atoms with Crippen molar-refractivity contribution >= 4 is 39.1 Å². The summed E-state index contributed by atoms with van der Waals surface area (Å²) in [6.07, 6.45) is 0. The molecule has 134 valence electrons. The van der Waals surface area contributed by atoms with Crippen molar-refractivity contribution in [1.82, 2.24) is 5.43 Å². The van der Waals surface area contributed by atoms with Crippen molar-refractivity contribution in [2.75, 3.05) is 18.1 Å². The highest BCUT2D eigenvalue weighted by atomic mass is 79.9. The Morgan fingerprint density at radius 3 is 2.77 bits per heavy atom. The quantitative estimate of drug-likeness (QED) is 0.611. The van der Waals surface area contributed by atoms with Crippen LogP contribution in [0.15, 0.2) is 52.0 Å². The van der Waals surface area contributed by atoms with Crippen molar-refractivity contribution in [1.29, 1.82) is 0 Å². The van der Waals surface area contributed by atoms with Crippen LogP contribution in [0.2, 0.25) is 0 Å². The van der Waals surface area contributed by atoms with Gasteiger partial charge < -0.3 is 4.74 Å². The second-order valence-corrected chi connectivity index (χ2v) is 6.54. The predicted molar refractivity (Wildman–Crippen MR) is 98.7 cm³/mol. The van der Waals surface area contributed by atoms with E-state index in [2.05, 4.69) is 26.5 Å². The van der Waals surface area contributed by atoms with Gasteiger partial charge in [0.15, 0.2) is 6.61 Å². The van der Waals surface area contributed by atoms with Gasteiger partial charge in [0.05, 0.1) is 11.4 Å². The zero-order valence-electron chi connectivity index (χ0n) is 13.8. The van der Waals surface area contributed by atoms with Gasteiger partial charge in [-0.15, -0.1) is 0 Å². The lowest BCUT2D eigenvalue weighted by molar-refractivity contribution is -0.125. The molecule has 8 heteroatoms. The lowest BCUT2D eigenvalue weighted by Crippen LogP contribution is -2.44. The normalized spacial score (nSPS) is 13.9. The lowest BCUT2D eigenvalue weighted by Gasteiger charge is -2.28. The van der Waals surface area contributed by atoms with E-state index in [9.17, 15) is 14.0 Å². The minimum absolute atomic E-state index is 0.201. The van der Waals surface area contributed by atoms with E-state index < -0.39 is 17.6 Å². The number of hydrogen-bond donors (Lipinski definition) is 1. The Hall–Kier alpha value is -2.74. The van der Waals surface area contributed by atoms with Crippen LogP contribution in [0.4, 0.5) is 10.1 Å². The molecule has 1 N–H and O–H groups in total. The Labute approximate surface area is 157 Å². The molecular weight excluding hydrogens is 405 g/mol. The minimum atomic E-state index is -0.517. The number of nitrogens with zero attached hydrogens (tertiary/aromatic N) is 2. The number of ether oxygens (including phenoxy) is 1. The lowest BCUT2D eigenvalue weighted by atomic mass is 10.1. The van der Waals surface area contributed by atoms with Gasteiger partial charge in [0.1, 0.15) is 18.1 Å². The average molecular weight is 420 g/mol. The molecule has 2 aromatic rings. The van der Waals surface area contributed by atoms with Gasteiger partial charge in [-0.25, -0.2) is 9.82 Å². The molecule has 0 saturated carbocycles. The van der Waals surface area contributed by atoms with Crippen molar-refractivity contribution in [3.8, 4) is 5.75 Å². The third kappa shape index (κ3) is 4.08. The van der Waals surface area contributed by atoms with Crippen molar-refractivity contribution in [2.45, 2.75) is 6.92 Å². The molecule has 0 atom stereocenters. The number of hydrogen-bond acceptors (Lipinski definition) is 4. The molecule has 26 heavy (non-hydrogen) atoms. The third-order valence-corrected chi connectivity index (χ3v) is 4.30. The maximum absolute atomic E-state index is 13.5. The Morgan fingerprint density at radius 1 is 1.31 bits per heavy atom. The molecule has 0 saturated heterocycles. The third-order valence-electron chi connectivity index (χ3n) is 3.78. The second kappa shape index (κ2) is 7.65. The van der Waals surface area contributed by atoms with Crippen molar-refractivity contribution in [2.24, 2.45) is 5.10 Å². The monoisotopic (exact) mass is 419 g/mol. The molecule has 1 heterocycles. The Kier molecular flexibility index (Phi) is 5.32. The second-order valence-electron chi connectivity index (χ2n) is 5.62. The SMILES string of the molecule is C/C(=N\NC(=O)CN1C(=O)COc2ccc(F)cc21)c1ccc(Br)cc1. The molecule has 0 aromatic heterocycles. The van der Waals surface area contributed by atoms with E-state index in [4.69, 9.17) is 4.74 Å². The van der Waals surface area contributed by atoms with Gasteiger partial charge in [-0.1, -0.05) is 28.1 Å². The van der Waals surface area contributed by atoms with E-state index in [1.807, 2.05) is 24.3 Å². The highest BCUT2D eigenvalue weighted by molar-refractivity contribution is 9.10. The number of amides is 2. The number of anilines is 1. The van der Waals surface area contributed by atoms with Crippen LogP contribution in [0.25, 0.3) is 0 Å². The fraction of sp³-hybridized carbons (Fsp3) is 0.167. The van der Waals surface area contributed by atoms with E-state index in [-0.39, 0.29) is 18.8 Å². The van der Waals surface area contributed by atoms with Gasteiger partial charge in [0, 0.05) is 10.5 Å². The molecule has 2 aromatic carbocycles. The number of halogens is 2. The molecule has 0 fully saturated rings. The summed E-state index contributed by atoms with van der Waals surface area (Å²) in [5, 5.41) is 4.05. The number of carbonyl (C=O) groups is 2. The number of hydrazone groups is 1. The fourth-order valence-electron chi connectivity index (χ4n) is 2.43. The van der Waals surface area contributed by atoms with Gasteiger partial charge in [-0.3, -0.25) is 14.5 Å². The molecule has 0 spiro atoms. The van der Waals surface area contributed by atoms with E-state index in [1.54, 1.807) is 6.92 Å². The highest BCUT2D eigenvalue weighted by Crippen LogP contribution is 2.32. The zero-order valence-corrected chi connectivity index (χ0v) is 15.4. The highest BCUT2D eigenvalue weighted by Gasteiger charge is 2.27. The summed E-state index contributed by atoms with van der Waals surface area (Å²) < 4.78 is 19.7. The van der Waals surface area contributed by atoms with E-state index >= 15 is 0 Å². The van der Waals surface area contributed by atoms with Crippen LogP contribution < -0.4 is 15.1 Å². The summed E-state index contributed by atoms with van der Waals surface area (Å²) in [6, 6.07) is 11.3. The standard InChI is InChI=1S/C18H15BrFN3O3/c1-11(12-2-4-13(19)5-3-12)21-22-17(24)9-23-15-8-14(20)6-7-16(15)26-10-18(23)25/h2-8H,9-10H2,1H3,(H,22,24)/b21-11+. The number of carbonyl (C=O) groups excluding carboxylic acids is 2. The first-order valence-electron chi connectivity index (χ1n) is 7.76. The average Bonchev–Trinajstić information content (AvgIpc) is 2.63. The molecule has 0 radical (unpaired) electrons. The molecule has 3 rings (SSSR count). The molecular formula is C18H15BrFN3O3. The van der Waals surface area contributed by atoms with Crippen LogP contribution in [0.5, 0.6) is 5.75 Å². The van der Waals surface area contributed by atoms with Crippen LogP contribution in [0.3, 0.4) is 0 Å². The molecule has 1 aliphatic heterocycles. The molecule has 2 amide bonds.